The highest BCUT2D eigenvalue weighted by Crippen LogP contribution is 2.52. The molecule has 0 aliphatic carbocycles. The number of benzene rings is 3. The summed E-state index contributed by atoms with van der Waals surface area (Å²) >= 11 is 0. The van der Waals surface area contributed by atoms with Gasteiger partial charge < -0.3 is 10.1 Å². The van der Waals surface area contributed by atoms with Gasteiger partial charge in [-0.25, -0.2) is 13.2 Å². The summed E-state index contributed by atoms with van der Waals surface area (Å²) in [7, 11) is 0. The van der Waals surface area contributed by atoms with Crippen molar-refractivity contribution in [3.05, 3.63) is 107 Å². The van der Waals surface area contributed by atoms with E-state index in [2.05, 4.69) is 5.32 Å². The Morgan fingerprint density at radius 3 is 2.09 bits per heavy atom. The summed E-state index contributed by atoms with van der Waals surface area (Å²) < 4.78 is 48.9. The van der Waals surface area contributed by atoms with Crippen molar-refractivity contribution in [3.63, 3.8) is 0 Å². The van der Waals surface area contributed by atoms with Crippen molar-refractivity contribution in [2.45, 2.75) is 24.8 Å². The summed E-state index contributed by atoms with van der Waals surface area (Å²) in [6.07, 6.45) is -0.314. The van der Waals surface area contributed by atoms with E-state index < -0.39 is 46.7 Å². The van der Waals surface area contributed by atoms with Gasteiger partial charge in [0, 0.05) is 5.92 Å². The van der Waals surface area contributed by atoms with Gasteiger partial charge in [0.2, 0.25) is 5.91 Å². The van der Waals surface area contributed by atoms with Crippen LogP contribution in [0.3, 0.4) is 0 Å². The maximum Gasteiger partial charge on any atom is 0.306 e. The number of halogens is 3. The number of ether oxygens (including phenoxy) is 1. The highest BCUT2D eigenvalue weighted by Gasteiger charge is 2.57. The van der Waals surface area contributed by atoms with Gasteiger partial charge in [-0.15, -0.1) is 0 Å². The van der Waals surface area contributed by atoms with Gasteiger partial charge in [-0.3, -0.25) is 9.59 Å². The Balaban J connectivity index is 2.01. The molecular weight excluding hydrogens is 431 g/mol. The number of nitrogens with one attached hydrogen (secondary N) is 1. The van der Waals surface area contributed by atoms with E-state index in [1.165, 1.54) is 54.6 Å². The lowest BCUT2D eigenvalue weighted by molar-refractivity contribution is -0.146. The molecule has 0 bridgehead atoms. The second-order valence-electron chi connectivity index (χ2n) is 7.93. The minimum Gasteiger partial charge on any atom is -0.466 e. The molecule has 1 unspecified atom stereocenters. The molecule has 7 heteroatoms. The van der Waals surface area contributed by atoms with Gasteiger partial charge in [0.1, 0.15) is 17.5 Å². The number of hydrogen-bond donors (Lipinski definition) is 1. The monoisotopic (exact) mass is 453 g/mol. The van der Waals surface area contributed by atoms with Crippen LogP contribution in [0.4, 0.5) is 13.2 Å². The van der Waals surface area contributed by atoms with E-state index in [4.69, 9.17) is 4.74 Å². The van der Waals surface area contributed by atoms with Crippen molar-refractivity contribution < 1.29 is 27.5 Å². The molecule has 1 aliphatic rings. The maximum atomic E-state index is 15.2. The Hall–Kier alpha value is -3.61. The summed E-state index contributed by atoms with van der Waals surface area (Å²) in [6, 6.07) is 17.0. The largest absolute Gasteiger partial charge is 0.466 e. The van der Waals surface area contributed by atoms with E-state index >= 15 is 4.39 Å². The number of amides is 1. The third-order valence-corrected chi connectivity index (χ3v) is 6.02. The van der Waals surface area contributed by atoms with E-state index in [0.717, 1.165) is 0 Å². The van der Waals surface area contributed by atoms with Gasteiger partial charge in [0.05, 0.1) is 24.5 Å². The van der Waals surface area contributed by atoms with Crippen LogP contribution in [0, 0.1) is 23.4 Å². The predicted molar refractivity (Wildman–Crippen MR) is 116 cm³/mol. The van der Waals surface area contributed by atoms with Crippen LogP contribution < -0.4 is 5.32 Å². The number of rotatable bonds is 6. The smallest absolute Gasteiger partial charge is 0.306 e. The van der Waals surface area contributed by atoms with Gasteiger partial charge in [-0.2, -0.15) is 0 Å². The van der Waals surface area contributed by atoms with Crippen LogP contribution in [0.2, 0.25) is 0 Å². The number of hydrogen-bond acceptors (Lipinski definition) is 3. The number of carbonyl (C=O) groups excluding carboxylic acids is 2. The Bertz CT molecular complexity index is 1150. The Morgan fingerprint density at radius 1 is 0.939 bits per heavy atom. The normalized spacial score (nSPS) is 19.2. The zero-order valence-corrected chi connectivity index (χ0v) is 17.9. The molecule has 1 fully saturated rings. The molecule has 2 atom stereocenters. The lowest BCUT2D eigenvalue weighted by atomic mass is 9.67. The lowest BCUT2D eigenvalue weighted by Gasteiger charge is -2.38. The molecule has 0 spiro atoms. The van der Waals surface area contributed by atoms with Crippen LogP contribution in [0.25, 0.3) is 0 Å². The lowest BCUT2D eigenvalue weighted by Crippen LogP contribution is -2.43. The fraction of sp³-hybridized carbons (Fsp3) is 0.231. The zero-order valence-electron chi connectivity index (χ0n) is 17.9. The number of carbonyl (C=O) groups is 2. The quantitative estimate of drug-likeness (QED) is 0.544. The van der Waals surface area contributed by atoms with Gasteiger partial charge in [-0.1, -0.05) is 42.5 Å². The van der Waals surface area contributed by atoms with Crippen LogP contribution in [-0.4, -0.2) is 18.5 Å². The van der Waals surface area contributed by atoms with Gasteiger partial charge in [0.25, 0.3) is 0 Å². The van der Waals surface area contributed by atoms with Gasteiger partial charge in [0.15, 0.2) is 0 Å². The molecule has 33 heavy (non-hydrogen) atoms. The molecule has 1 saturated heterocycles. The van der Waals surface area contributed by atoms with E-state index in [1.807, 2.05) is 0 Å². The van der Waals surface area contributed by atoms with Gasteiger partial charge >= 0.3 is 5.97 Å². The maximum absolute atomic E-state index is 15.2. The first-order chi connectivity index (χ1) is 15.9. The predicted octanol–water partition coefficient (Wildman–Crippen LogP) is 4.83. The Labute approximate surface area is 189 Å². The summed E-state index contributed by atoms with van der Waals surface area (Å²) in [5.74, 6) is -4.91. The highest BCUT2D eigenvalue weighted by molar-refractivity contribution is 5.89. The first-order valence-corrected chi connectivity index (χ1v) is 10.6. The van der Waals surface area contributed by atoms with Crippen LogP contribution in [0.15, 0.2) is 72.8 Å². The molecular formula is C26H22F3NO3. The highest BCUT2D eigenvalue weighted by atomic mass is 19.1. The van der Waals surface area contributed by atoms with Crippen molar-refractivity contribution in [2.24, 2.45) is 5.92 Å². The minimum absolute atomic E-state index is 0.122. The molecule has 4 nitrogen and oxygen atoms in total. The van der Waals surface area contributed by atoms with E-state index in [1.54, 1.807) is 25.1 Å². The number of esters is 1. The van der Waals surface area contributed by atoms with Crippen molar-refractivity contribution in [1.82, 2.24) is 5.32 Å². The standard InChI is InChI=1S/C26H22F3NO3/c1-2-33-23(31)15-21-24(20-11-3-4-12-22(20)29)26(30-25(21)32,16-7-5-9-18(27)13-16)17-8-6-10-19(28)14-17/h3-14,21,24H,2,15H2,1H3,(H,30,32)/t21-,24?/m0/s1. The molecule has 4 rings (SSSR count). The van der Waals surface area contributed by atoms with Crippen LogP contribution in [0.1, 0.15) is 36.0 Å². The van der Waals surface area contributed by atoms with E-state index in [-0.39, 0.29) is 18.6 Å². The summed E-state index contributed by atoms with van der Waals surface area (Å²) in [6.45, 7) is 1.77. The third kappa shape index (κ3) is 4.11. The average Bonchev–Trinajstić information content (AvgIpc) is 3.07. The third-order valence-electron chi connectivity index (χ3n) is 6.02. The van der Waals surface area contributed by atoms with E-state index in [9.17, 15) is 18.4 Å². The molecule has 3 aromatic rings. The topological polar surface area (TPSA) is 55.4 Å². The van der Waals surface area contributed by atoms with Crippen LogP contribution in [-0.2, 0) is 19.9 Å². The molecule has 1 N–H and O–H groups in total. The summed E-state index contributed by atoms with van der Waals surface area (Å²) in [4.78, 5) is 25.7. The van der Waals surface area contributed by atoms with E-state index in [0.29, 0.717) is 11.1 Å². The molecule has 1 heterocycles. The molecule has 0 saturated carbocycles. The fourth-order valence-electron chi connectivity index (χ4n) is 4.74. The second kappa shape index (κ2) is 9.10. The van der Waals surface area contributed by atoms with Crippen molar-refractivity contribution >= 4 is 11.9 Å². The molecule has 1 aliphatic heterocycles. The van der Waals surface area contributed by atoms with Crippen molar-refractivity contribution in [1.29, 1.82) is 0 Å². The molecule has 170 valence electrons. The summed E-state index contributed by atoms with van der Waals surface area (Å²) in [5.41, 5.74) is -0.763. The summed E-state index contributed by atoms with van der Waals surface area (Å²) in [5, 5.41) is 2.88. The minimum atomic E-state index is -1.53. The van der Waals surface area contributed by atoms with Gasteiger partial charge in [-0.05, 0) is 53.9 Å². The average molecular weight is 453 g/mol. The second-order valence-corrected chi connectivity index (χ2v) is 7.93. The van der Waals surface area contributed by atoms with Crippen LogP contribution in [0.5, 0.6) is 0 Å². The zero-order chi connectivity index (χ0) is 23.6. The Kier molecular flexibility index (Phi) is 6.22. The molecule has 3 aromatic carbocycles. The first-order valence-electron chi connectivity index (χ1n) is 10.6. The SMILES string of the molecule is CCOC(=O)C[C@@H]1C(=O)NC(c2cccc(F)c2)(c2cccc(F)c2)C1c1ccccc1F. The molecule has 0 aromatic heterocycles. The Morgan fingerprint density at radius 2 is 1.55 bits per heavy atom. The molecule has 1 amide bonds. The molecule has 0 radical (unpaired) electrons. The first kappa shape index (κ1) is 22.6. The van der Waals surface area contributed by atoms with Crippen molar-refractivity contribution in [2.75, 3.05) is 6.61 Å². The van der Waals surface area contributed by atoms with Crippen molar-refractivity contribution in [3.8, 4) is 0 Å². The van der Waals surface area contributed by atoms with Crippen LogP contribution >= 0.6 is 0 Å². The fourth-order valence-corrected chi connectivity index (χ4v) is 4.74.